The summed E-state index contributed by atoms with van der Waals surface area (Å²) >= 11 is 0. The van der Waals surface area contributed by atoms with Crippen LogP contribution in [0, 0.1) is 0 Å². The summed E-state index contributed by atoms with van der Waals surface area (Å²) in [6.45, 7) is 0. The maximum Gasteiger partial charge on any atom is 0.357 e. The molecule has 0 unspecified atom stereocenters. The number of esters is 2. The molecule has 0 saturated carbocycles. The Bertz CT molecular complexity index is 1140. The molecule has 0 radical (unpaired) electrons. The third kappa shape index (κ3) is 3.29. The lowest BCUT2D eigenvalue weighted by atomic mass is 9.78. The van der Waals surface area contributed by atoms with Gasteiger partial charge in [-0.1, -0.05) is 78.9 Å². The van der Waals surface area contributed by atoms with E-state index in [1.54, 1.807) is 18.2 Å². The largest absolute Gasteiger partial charge is 0.467 e. The molecule has 0 aromatic heterocycles. The number of carbonyl (C=O) groups excluding carboxylic acids is 2. The molecular formula is C25H20F3NO4. The van der Waals surface area contributed by atoms with Gasteiger partial charge in [0.25, 0.3) is 5.67 Å². The van der Waals surface area contributed by atoms with Crippen molar-refractivity contribution in [3.05, 3.63) is 102 Å². The lowest BCUT2D eigenvalue weighted by Gasteiger charge is -2.35. The van der Waals surface area contributed by atoms with Crippen molar-refractivity contribution in [3.63, 3.8) is 0 Å². The van der Waals surface area contributed by atoms with Crippen molar-refractivity contribution in [1.29, 1.82) is 0 Å². The second-order valence-corrected chi connectivity index (χ2v) is 7.58. The Balaban J connectivity index is 1.94. The average molecular weight is 455 g/mol. The molecule has 3 aromatic carbocycles. The molecule has 1 saturated heterocycles. The van der Waals surface area contributed by atoms with Gasteiger partial charge in [0.2, 0.25) is 5.54 Å². The van der Waals surface area contributed by atoms with Crippen LogP contribution in [0.25, 0.3) is 0 Å². The Morgan fingerprint density at radius 2 is 1.30 bits per heavy atom. The summed E-state index contributed by atoms with van der Waals surface area (Å²) in [5, 5.41) is 2.43. The zero-order valence-corrected chi connectivity index (χ0v) is 17.5. The van der Waals surface area contributed by atoms with Gasteiger partial charge in [-0.2, -0.15) is 8.78 Å². The molecule has 0 aliphatic carbocycles. The highest BCUT2D eigenvalue weighted by Gasteiger charge is 2.84. The fraction of sp³-hybridized carbons (Fsp3) is 0.200. The van der Waals surface area contributed by atoms with Crippen LogP contribution >= 0.6 is 0 Å². The number of carbonyl (C=O) groups is 2. The molecule has 1 fully saturated rings. The maximum absolute atomic E-state index is 16.7. The van der Waals surface area contributed by atoms with Crippen LogP contribution in [0.1, 0.15) is 17.2 Å². The van der Waals surface area contributed by atoms with Crippen molar-refractivity contribution >= 4 is 11.9 Å². The Morgan fingerprint density at radius 3 is 1.85 bits per heavy atom. The minimum atomic E-state index is -4.61. The van der Waals surface area contributed by atoms with Crippen molar-refractivity contribution in [1.82, 2.24) is 5.32 Å². The number of halogens is 3. The van der Waals surface area contributed by atoms with Crippen molar-refractivity contribution in [2.75, 3.05) is 7.11 Å². The van der Waals surface area contributed by atoms with Crippen molar-refractivity contribution in [2.45, 2.75) is 23.2 Å². The SMILES string of the molecule is COC(=O)[C@@]1(c2ccccc2)N[C@@H](c2ccccc2)[C@@](F)(C(=O)Oc2ccccc2)C1(F)F. The number of hydrogen-bond acceptors (Lipinski definition) is 5. The normalized spacial score (nSPS) is 25.9. The van der Waals surface area contributed by atoms with E-state index in [2.05, 4.69) is 5.32 Å². The number of hydrogen-bond donors (Lipinski definition) is 1. The van der Waals surface area contributed by atoms with Gasteiger partial charge in [-0.05, 0) is 23.3 Å². The second kappa shape index (κ2) is 8.37. The number of alkyl halides is 3. The zero-order chi connectivity index (χ0) is 23.7. The molecule has 0 amide bonds. The van der Waals surface area contributed by atoms with E-state index in [0.717, 1.165) is 7.11 Å². The van der Waals surface area contributed by atoms with Gasteiger partial charge in [0, 0.05) is 0 Å². The molecule has 0 bridgehead atoms. The molecule has 170 valence electrons. The Morgan fingerprint density at radius 1 is 0.788 bits per heavy atom. The fourth-order valence-electron chi connectivity index (χ4n) is 4.15. The predicted octanol–water partition coefficient (Wildman–Crippen LogP) is 4.35. The van der Waals surface area contributed by atoms with Gasteiger partial charge in [-0.25, -0.2) is 14.0 Å². The smallest absolute Gasteiger partial charge is 0.357 e. The highest BCUT2D eigenvalue weighted by molar-refractivity contribution is 5.92. The van der Waals surface area contributed by atoms with Gasteiger partial charge >= 0.3 is 17.9 Å². The minimum Gasteiger partial charge on any atom is -0.467 e. The molecule has 4 rings (SSSR count). The van der Waals surface area contributed by atoms with Crippen LogP contribution in [-0.2, 0) is 19.9 Å². The first-order valence-corrected chi connectivity index (χ1v) is 10.1. The highest BCUT2D eigenvalue weighted by atomic mass is 19.3. The van der Waals surface area contributed by atoms with Crippen molar-refractivity contribution < 1.29 is 32.2 Å². The van der Waals surface area contributed by atoms with E-state index in [-0.39, 0.29) is 16.9 Å². The van der Waals surface area contributed by atoms with Crippen LogP contribution in [0.15, 0.2) is 91.0 Å². The number of methoxy groups -OCH3 is 1. The van der Waals surface area contributed by atoms with Crippen molar-refractivity contribution in [2.24, 2.45) is 0 Å². The van der Waals surface area contributed by atoms with Crippen LogP contribution in [0.4, 0.5) is 13.2 Å². The van der Waals surface area contributed by atoms with E-state index >= 15 is 13.2 Å². The van der Waals surface area contributed by atoms with Crippen LogP contribution in [0.3, 0.4) is 0 Å². The molecule has 1 aliphatic heterocycles. The lowest BCUT2D eigenvalue weighted by Crippen LogP contribution is -2.62. The first-order chi connectivity index (χ1) is 15.8. The minimum absolute atomic E-state index is 0.0337. The Kier molecular flexibility index (Phi) is 5.71. The quantitative estimate of drug-likeness (QED) is 0.458. The van der Waals surface area contributed by atoms with Gasteiger partial charge in [-0.15, -0.1) is 0 Å². The number of ether oxygens (including phenoxy) is 2. The molecule has 1 N–H and O–H groups in total. The third-order valence-corrected chi connectivity index (χ3v) is 5.77. The summed E-state index contributed by atoms with van der Waals surface area (Å²) in [6, 6.07) is 19.7. The van der Waals surface area contributed by atoms with Gasteiger partial charge in [0.05, 0.1) is 13.2 Å². The number of rotatable bonds is 5. The van der Waals surface area contributed by atoms with E-state index in [4.69, 9.17) is 9.47 Å². The molecule has 3 atom stereocenters. The summed E-state index contributed by atoms with van der Waals surface area (Å²) in [6.07, 6.45) is 0. The lowest BCUT2D eigenvalue weighted by molar-refractivity contribution is -0.197. The maximum atomic E-state index is 16.7. The van der Waals surface area contributed by atoms with Crippen LogP contribution < -0.4 is 10.1 Å². The number of benzene rings is 3. The highest BCUT2D eigenvalue weighted by Crippen LogP contribution is 2.59. The zero-order valence-electron chi connectivity index (χ0n) is 17.5. The molecule has 8 heteroatoms. The summed E-state index contributed by atoms with van der Waals surface area (Å²) in [7, 11) is 0.919. The van der Waals surface area contributed by atoms with Crippen LogP contribution in [0.5, 0.6) is 5.75 Å². The molecule has 3 aromatic rings. The summed E-state index contributed by atoms with van der Waals surface area (Å²) < 4.78 is 59.0. The summed E-state index contributed by atoms with van der Waals surface area (Å²) in [4.78, 5) is 26.0. The predicted molar refractivity (Wildman–Crippen MR) is 113 cm³/mol. The molecule has 33 heavy (non-hydrogen) atoms. The monoisotopic (exact) mass is 455 g/mol. The van der Waals surface area contributed by atoms with Crippen LogP contribution in [0.2, 0.25) is 0 Å². The fourth-order valence-corrected chi connectivity index (χ4v) is 4.15. The first kappa shape index (κ1) is 22.5. The molecular weight excluding hydrogens is 435 g/mol. The van der Waals surface area contributed by atoms with Gasteiger partial charge in [0.15, 0.2) is 0 Å². The molecule has 1 aliphatic rings. The van der Waals surface area contributed by atoms with Crippen molar-refractivity contribution in [3.8, 4) is 5.75 Å². The molecule has 5 nitrogen and oxygen atoms in total. The number of nitrogens with one attached hydrogen (secondary N) is 1. The van der Waals surface area contributed by atoms with E-state index in [0.29, 0.717) is 0 Å². The second-order valence-electron chi connectivity index (χ2n) is 7.58. The van der Waals surface area contributed by atoms with Crippen LogP contribution in [-0.4, -0.2) is 30.6 Å². The topological polar surface area (TPSA) is 64.6 Å². The van der Waals surface area contributed by atoms with E-state index in [1.165, 1.54) is 72.8 Å². The van der Waals surface area contributed by atoms with Gasteiger partial charge in [0.1, 0.15) is 5.75 Å². The van der Waals surface area contributed by atoms with E-state index < -0.39 is 35.1 Å². The Labute approximate surface area is 188 Å². The average Bonchev–Trinajstić information content (AvgIpc) is 3.04. The third-order valence-electron chi connectivity index (χ3n) is 5.77. The summed E-state index contributed by atoms with van der Waals surface area (Å²) in [5.41, 5.74) is -7.18. The Hall–Kier alpha value is -3.65. The number of para-hydroxylation sites is 1. The standard InChI is InChI=1S/C25H20F3NO4/c1-32-22(31)24(18-13-7-3-8-14-18)25(27,28)23(26,20(29-24)17-11-5-2-6-12-17)21(30)33-19-15-9-4-10-16-19/h2-16,20,29H,1H3/t20-,23+,24+/m0/s1. The molecule has 0 spiro atoms. The summed E-state index contributed by atoms with van der Waals surface area (Å²) in [5.74, 6) is -7.99. The molecule has 1 heterocycles. The van der Waals surface area contributed by atoms with E-state index in [1.807, 2.05) is 0 Å². The first-order valence-electron chi connectivity index (χ1n) is 10.1. The van der Waals surface area contributed by atoms with Gasteiger partial charge in [-0.3, -0.25) is 5.32 Å². The van der Waals surface area contributed by atoms with E-state index in [9.17, 15) is 9.59 Å². The van der Waals surface area contributed by atoms with Gasteiger partial charge < -0.3 is 9.47 Å².